The van der Waals surface area contributed by atoms with E-state index in [4.69, 9.17) is 0 Å². The van der Waals surface area contributed by atoms with E-state index in [2.05, 4.69) is 40.0 Å². The van der Waals surface area contributed by atoms with Gasteiger partial charge in [0, 0.05) is 50.0 Å². The van der Waals surface area contributed by atoms with Gasteiger partial charge in [-0.2, -0.15) is 0 Å². The van der Waals surface area contributed by atoms with Crippen LogP contribution in [-0.4, -0.2) is 48.1 Å². The molecule has 3 rings (SSSR count). The van der Waals surface area contributed by atoms with Gasteiger partial charge in [-0.25, -0.2) is 4.98 Å². The Labute approximate surface area is 122 Å². The number of nitrogens with one attached hydrogen (secondary N) is 1. The molecule has 0 radical (unpaired) electrons. The van der Waals surface area contributed by atoms with Gasteiger partial charge in [0.15, 0.2) is 0 Å². The predicted molar refractivity (Wildman–Crippen MR) is 83.0 cm³/mol. The number of anilines is 1. The van der Waals surface area contributed by atoms with Crippen molar-refractivity contribution in [1.29, 1.82) is 0 Å². The van der Waals surface area contributed by atoms with Gasteiger partial charge in [0.2, 0.25) is 0 Å². The van der Waals surface area contributed by atoms with Crippen molar-refractivity contribution in [3.8, 4) is 0 Å². The van der Waals surface area contributed by atoms with Gasteiger partial charge in [0.25, 0.3) is 0 Å². The number of pyridine rings is 1. The average molecular weight is 274 g/mol. The number of hydrogen-bond donors (Lipinski definition) is 1. The summed E-state index contributed by atoms with van der Waals surface area (Å²) in [5.41, 5.74) is 1.33. The van der Waals surface area contributed by atoms with Crippen LogP contribution >= 0.6 is 0 Å². The molecule has 1 atom stereocenters. The number of nitrogens with zero attached hydrogens (tertiary/aromatic N) is 3. The monoisotopic (exact) mass is 274 g/mol. The summed E-state index contributed by atoms with van der Waals surface area (Å²) in [6, 6.07) is 5.51. The second-order valence-corrected chi connectivity index (χ2v) is 6.30. The lowest BCUT2D eigenvalue weighted by Gasteiger charge is -2.38. The molecular formula is C16H26N4. The van der Waals surface area contributed by atoms with Crippen molar-refractivity contribution in [2.75, 3.05) is 31.1 Å². The molecule has 0 aromatic carbocycles. The molecule has 110 valence electrons. The normalized spacial score (nSPS) is 23.4. The molecule has 0 spiro atoms. The molecular weight excluding hydrogens is 248 g/mol. The van der Waals surface area contributed by atoms with E-state index in [1.807, 2.05) is 12.3 Å². The minimum atomic E-state index is 0.509. The van der Waals surface area contributed by atoms with Crippen LogP contribution in [0.25, 0.3) is 0 Å². The van der Waals surface area contributed by atoms with E-state index in [9.17, 15) is 0 Å². The molecule has 0 amide bonds. The number of hydrogen-bond acceptors (Lipinski definition) is 4. The van der Waals surface area contributed by atoms with E-state index >= 15 is 0 Å². The Morgan fingerprint density at radius 1 is 1.35 bits per heavy atom. The summed E-state index contributed by atoms with van der Waals surface area (Å²) < 4.78 is 0. The van der Waals surface area contributed by atoms with Gasteiger partial charge in [-0.15, -0.1) is 0 Å². The lowest BCUT2D eigenvalue weighted by molar-refractivity contribution is 0.230. The summed E-state index contributed by atoms with van der Waals surface area (Å²) in [6.07, 6.45) is 4.64. The summed E-state index contributed by atoms with van der Waals surface area (Å²) in [5, 5.41) is 3.51. The first-order chi connectivity index (χ1) is 9.74. The molecule has 20 heavy (non-hydrogen) atoms. The summed E-state index contributed by atoms with van der Waals surface area (Å²) in [7, 11) is 0. The lowest BCUT2D eigenvalue weighted by atomic mass is 10.1. The minimum Gasteiger partial charge on any atom is -0.353 e. The lowest BCUT2D eigenvalue weighted by Crippen LogP contribution is -2.50. The fourth-order valence-corrected chi connectivity index (χ4v) is 3.35. The first-order valence-corrected chi connectivity index (χ1v) is 7.90. The standard InChI is InChI=1S/C16H26N4/c1-13(2)18-11-14-5-3-7-17-16(14)20-10-9-19-8-4-6-15(19)12-20/h3,5,7,13,15,18H,4,6,8-12H2,1-2H3. The Morgan fingerprint density at radius 2 is 2.25 bits per heavy atom. The van der Waals surface area contributed by atoms with E-state index in [0.717, 1.165) is 25.7 Å². The van der Waals surface area contributed by atoms with Crippen molar-refractivity contribution >= 4 is 5.82 Å². The van der Waals surface area contributed by atoms with Gasteiger partial charge >= 0.3 is 0 Å². The van der Waals surface area contributed by atoms with Gasteiger partial charge in [-0.1, -0.05) is 19.9 Å². The van der Waals surface area contributed by atoms with Crippen LogP contribution in [0.2, 0.25) is 0 Å². The summed E-state index contributed by atoms with van der Waals surface area (Å²) in [4.78, 5) is 9.80. The maximum Gasteiger partial charge on any atom is 0.133 e. The molecule has 3 heterocycles. The summed E-state index contributed by atoms with van der Waals surface area (Å²) in [6.45, 7) is 10.0. The molecule has 2 saturated heterocycles. The maximum absolute atomic E-state index is 4.66. The second kappa shape index (κ2) is 6.10. The zero-order chi connectivity index (χ0) is 13.9. The molecule has 0 saturated carbocycles. The highest BCUT2D eigenvalue weighted by atomic mass is 15.3. The van der Waals surface area contributed by atoms with E-state index in [1.165, 1.54) is 37.3 Å². The molecule has 4 nitrogen and oxygen atoms in total. The first kappa shape index (κ1) is 13.8. The van der Waals surface area contributed by atoms with Gasteiger partial charge in [-0.05, 0) is 25.5 Å². The van der Waals surface area contributed by atoms with Crippen molar-refractivity contribution in [2.24, 2.45) is 0 Å². The van der Waals surface area contributed by atoms with E-state index in [1.54, 1.807) is 0 Å². The third kappa shape index (κ3) is 2.96. The van der Waals surface area contributed by atoms with E-state index in [-0.39, 0.29) is 0 Å². The fraction of sp³-hybridized carbons (Fsp3) is 0.688. The molecule has 1 unspecified atom stereocenters. The molecule has 2 fully saturated rings. The molecule has 2 aliphatic heterocycles. The highest BCUT2D eigenvalue weighted by Gasteiger charge is 2.31. The minimum absolute atomic E-state index is 0.509. The Hall–Kier alpha value is -1.13. The Kier molecular flexibility index (Phi) is 4.22. The zero-order valence-electron chi connectivity index (χ0n) is 12.7. The average Bonchev–Trinajstić information content (AvgIpc) is 2.92. The van der Waals surface area contributed by atoms with Crippen LogP contribution in [0.3, 0.4) is 0 Å². The van der Waals surface area contributed by atoms with Gasteiger partial charge in [0.05, 0.1) is 0 Å². The number of fused-ring (bicyclic) bond motifs is 1. The molecule has 2 aliphatic rings. The summed E-state index contributed by atoms with van der Waals surface area (Å²) >= 11 is 0. The van der Waals surface area contributed by atoms with Crippen LogP contribution in [0.15, 0.2) is 18.3 Å². The van der Waals surface area contributed by atoms with E-state index < -0.39 is 0 Å². The van der Waals surface area contributed by atoms with Crippen LogP contribution in [-0.2, 0) is 6.54 Å². The number of rotatable bonds is 4. The molecule has 0 aliphatic carbocycles. The Bertz CT molecular complexity index is 446. The fourth-order valence-electron chi connectivity index (χ4n) is 3.35. The second-order valence-electron chi connectivity index (χ2n) is 6.30. The quantitative estimate of drug-likeness (QED) is 0.908. The third-order valence-corrected chi connectivity index (χ3v) is 4.46. The van der Waals surface area contributed by atoms with Crippen LogP contribution < -0.4 is 10.2 Å². The first-order valence-electron chi connectivity index (χ1n) is 7.90. The van der Waals surface area contributed by atoms with Gasteiger partial charge in [-0.3, -0.25) is 4.90 Å². The SMILES string of the molecule is CC(C)NCc1cccnc1N1CCN2CCCC2C1. The molecule has 4 heteroatoms. The number of aromatic nitrogens is 1. The Balaban J connectivity index is 1.72. The van der Waals surface area contributed by atoms with Crippen LogP contribution in [0.4, 0.5) is 5.82 Å². The van der Waals surface area contributed by atoms with Gasteiger partial charge in [0.1, 0.15) is 5.82 Å². The van der Waals surface area contributed by atoms with E-state index in [0.29, 0.717) is 6.04 Å². The Morgan fingerprint density at radius 3 is 3.10 bits per heavy atom. The highest BCUT2D eigenvalue weighted by Crippen LogP contribution is 2.26. The maximum atomic E-state index is 4.66. The molecule has 1 aromatic rings. The smallest absolute Gasteiger partial charge is 0.133 e. The zero-order valence-corrected chi connectivity index (χ0v) is 12.7. The topological polar surface area (TPSA) is 31.4 Å². The van der Waals surface area contributed by atoms with Gasteiger partial charge < -0.3 is 10.2 Å². The number of piperazine rings is 1. The van der Waals surface area contributed by atoms with Crippen molar-refractivity contribution in [1.82, 2.24) is 15.2 Å². The highest BCUT2D eigenvalue weighted by molar-refractivity contribution is 5.47. The van der Waals surface area contributed by atoms with Crippen molar-refractivity contribution in [3.05, 3.63) is 23.9 Å². The van der Waals surface area contributed by atoms with Crippen LogP contribution in [0.5, 0.6) is 0 Å². The van der Waals surface area contributed by atoms with Crippen molar-refractivity contribution in [2.45, 2.75) is 45.3 Å². The summed E-state index contributed by atoms with van der Waals surface area (Å²) in [5.74, 6) is 1.19. The molecule has 1 N–H and O–H groups in total. The largest absolute Gasteiger partial charge is 0.353 e. The predicted octanol–water partition coefficient (Wildman–Crippen LogP) is 1.86. The van der Waals surface area contributed by atoms with Crippen molar-refractivity contribution < 1.29 is 0 Å². The van der Waals surface area contributed by atoms with Crippen LogP contribution in [0.1, 0.15) is 32.3 Å². The third-order valence-electron chi connectivity index (χ3n) is 4.46. The molecule has 1 aromatic heterocycles. The van der Waals surface area contributed by atoms with Crippen LogP contribution in [0, 0.1) is 0 Å². The van der Waals surface area contributed by atoms with Crippen molar-refractivity contribution in [3.63, 3.8) is 0 Å². The molecule has 0 bridgehead atoms.